The zero-order chi connectivity index (χ0) is 21.9. The van der Waals surface area contributed by atoms with Crippen LogP contribution in [0.2, 0.25) is 0 Å². The van der Waals surface area contributed by atoms with E-state index in [-0.39, 0.29) is 22.8 Å². The van der Waals surface area contributed by atoms with Crippen LogP contribution in [0, 0.1) is 12.8 Å². The maximum atomic E-state index is 13.1. The summed E-state index contributed by atoms with van der Waals surface area (Å²) < 4.78 is 33.9. The van der Waals surface area contributed by atoms with Crippen molar-refractivity contribution in [3.63, 3.8) is 0 Å². The highest BCUT2D eigenvalue weighted by Crippen LogP contribution is 2.31. The summed E-state index contributed by atoms with van der Waals surface area (Å²) in [6.45, 7) is 4.41. The van der Waals surface area contributed by atoms with E-state index in [2.05, 4.69) is 21.2 Å². The normalized spacial score (nSPS) is 16.8. The molecular weight excluding hydrogens is 468 g/mol. The fourth-order valence-electron chi connectivity index (χ4n) is 3.67. The molecule has 1 atom stereocenters. The highest BCUT2D eigenvalue weighted by Gasteiger charge is 2.34. The number of ether oxygens (including phenoxy) is 1. The van der Waals surface area contributed by atoms with Gasteiger partial charge in [-0.2, -0.15) is 4.31 Å². The molecule has 0 unspecified atom stereocenters. The molecule has 1 aliphatic rings. The molecule has 0 aromatic heterocycles. The second-order valence-electron chi connectivity index (χ2n) is 7.62. The van der Waals surface area contributed by atoms with Gasteiger partial charge >= 0.3 is 0 Å². The molecule has 0 spiro atoms. The van der Waals surface area contributed by atoms with Crippen molar-refractivity contribution in [1.29, 1.82) is 0 Å². The molecule has 1 N–H and O–H groups in total. The predicted octanol–water partition coefficient (Wildman–Crippen LogP) is 4.04. The van der Waals surface area contributed by atoms with Crippen LogP contribution >= 0.6 is 15.9 Å². The summed E-state index contributed by atoms with van der Waals surface area (Å²) in [5, 5.41) is 3.06. The van der Waals surface area contributed by atoms with Crippen LogP contribution in [0.1, 0.15) is 36.9 Å². The van der Waals surface area contributed by atoms with Crippen LogP contribution < -0.4 is 10.1 Å². The summed E-state index contributed by atoms with van der Waals surface area (Å²) in [5.74, 6) is 0.0985. The van der Waals surface area contributed by atoms with Gasteiger partial charge in [0, 0.05) is 23.5 Å². The predicted molar refractivity (Wildman–Crippen MR) is 120 cm³/mol. The minimum absolute atomic E-state index is 0.0346. The first kappa shape index (κ1) is 22.8. The summed E-state index contributed by atoms with van der Waals surface area (Å²) in [5.41, 5.74) is 1.87. The highest BCUT2D eigenvalue weighted by molar-refractivity contribution is 9.10. The molecule has 1 heterocycles. The fraction of sp³-hybridized carbons (Fsp3) is 0.409. The van der Waals surface area contributed by atoms with Crippen LogP contribution in [0.5, 0.6) is 5.75 Å². The van der Waals surface area contributed by atoms with Crippen molar-refractivity contribution < 1.29 is 17.9 Å². The lowest BCUT2D eigenvalue weighted by molar-refractivity contribution is -0.126. The number of benzene rings is 2. The van der Waals surface area contributed by atoms with Crippen LogP contribution in [0.15, 0.2) is 51.8 Å². The average Bonchev–Trinajstić information content (AvgIpc) is 2.73. The van der Waals surface area contributed by atoms with Crippen molar-refractivity contribution in [1.82, 2.24) is 9.62 Å². The van der Waals surface area contributed by atoms with Gasteiger partial charge in [0.1, 0.15) is 10.6 Å². The van der Waals surface area contributed by atoms with Gasteiger partial charge in [0.2, 0.25) is 15.9 Å². The highest BCUT2D eigenvalue weighted by atomic mass is 79.9. The topological polar surface area (TPSA) is 75.7 Å². The maximum absolute atomic E-state index is 13.1. The summed E-state index contributed by atoms with van der Waals surface area (Å²) in [6.07, 6.45) is 0.981. The molecule has 3 rings (SSSR count). The van der Waals surface area contributed by atoms with Crippen molar-refractivity contribution in [3.05, 3.63) is 58.1 Å². The second kappa shape index (κ2) is 9.49. The van der Waals surface area contributed by atoms with E-state index in [0.29, 0.717) is 31.7 Å². The molecule has 2 aromatic carbocycles. The standard InChI is InChI=1S/C22H27BrN2O4S/c1-15-7-8-20(29-3)21(13-15)30(27,28)25-11-9-17(10-12-25)22(26)24-16(2)18-5-4-6-19(23)14-18/h4-8,13-14,16-17H,9-12H2,1-3H3,(H,24,26)/t16-/m0/s1. The molecular formula is C22H27BrN2O4S. The smallest absolute Gasteiger partial charge is 0.246 e. The number of hydrogen-bond acceptors (Lipinski definition) is 4. The minimum Gasteiger partial charge on any atom is -0.495 e. The number of hydrogen-bond donors (Lipinski definition) is 1. The van der Waals surface area contributed by atoms with E-state index in [4.69, 9.17) is 4.74 Å². The molecule has 0 saturated carbocycles. The maximum Gasteiger partial charge on any atom is 0.246 e. The lowest BCUT2D eigenvalue weighted by Gasteiger charge is -2.31. The molecule has 1 aliphatic heterocycles. The summed E-state index contributed by atoms with van der Waals surface area (Å²) in [7, 11) is -2.21. The molecule has 1 amide bonds. The second-order valence-corrected chi connectivity index (χ2v) is 10.4. The van der Waals surface area contributed by atoms with Crippen LogP contribution in [-0.2, 0) is 14.8 Å². The van der Waals surface area contributed by atoms with Crippen molar-refractivity contribution >= 4 is 31.9 Å². The Kier molecular flexibility index (Phi) is 7.21. The SMILES string of the molecule is COc1ccc(C)cc1S(=O)(=O)N1CCC(C(=O)N[C@@H](C)c2cccc(Br)c2)CC1. The molecule has 0 radical (unpaired) electrons. The molecule has 6 nitrogen and oxygen atoms in total. The van der Waals surface area contributed by atoms with E-state index in [1.54, 1.807) is 12.1 Å². The fourth-order valence-corrected chi connectivity index (χ4v) is 5.80. The first-order valence-electron chi connectivity index (χ1n) is 9.93. The van der Waals surface area contributed by atoms with Crippen molar-refractivity contribution in [2.45, 2.75) is 37.6 Å². The molecule has 162 valence electrons. The Hall–Kier alpha value is -1.90. The number of methoxy groups -OCH3 is 1. The molecule has 1 saturated heterocycles. The van der Waals surface area contributed by atoms with E-state index in [1.165, 1.54) is 11.4 Å². The lowest BCUT2D eigenvalue weighted by atomic mass is 9.96. The number of carbonyl (C=O) groups is 1. The van der Waals surface area contributed by atoms with Crippen LogP contribution in [0.4, 0.5) is 0 Å². The Morgan fingerprint density at radius 3 is 2.53 bits per heavy atom. The number of aryl methyl sites for hydroxylation is 1. The molecule has 0 bridgehead atoms. The van der Waals surface area contributed by atoms with Gasteiger partial charge in [0.15, 0.2) is 0 Å². The summed E-state index contributed by atoms with van der Waals surface area (Å²) in [6, 6.07) is 12.8. The first-order valence-corrected chi connectivity index (χ1v) is 12.2. The van der Waals surface area contributed by atoms with Gasteiger partial charge in [0.05, 0.1) is 13.2 Å². The first-order chi connectivity index (χ1) is 14.2. The zero-order valence-electron chi connectivity index (χ0n) is 17.4. The monoisotopic (exact) mass is 494 g/mol. The van der Waals surface area contributed by atoms with E-state index >= 15 is 0 Å². The van der Waals surface area contributed by atoms with Gasteiger partial charge in [-0.15, -0.1) is 0 Å². The lowest BCUT2D eigenvalue weighted by Crippen LogP contribution is -2.43. The Morgan fingerprint density at radius 1 is 1.20 bits per heavy atom. The molecule has 8 heteroatoms. The Bertz CT molecular complexity index is 1020. The van der Waals surface area contributed by atoms with E-state index in [9.17, 15) is 13.2 Å². The van der Waals surface area contributed by atoms with Gasteiger partial charge in [-0.25, -0.2) is 8.42 Å². The molecule has 2 aromatic rings. The Labute approximate surface area is 186 Å². The molecule has 1 fully saturated rings. The third kappa shape index (κ3) is 5.04. The van der Waals surface area contributed by atoms with Gasteiger partial charge in [-0.3, -0.25) is 4.79 Å². The van der Waals surface area contributed by atoms with E-state index < -0.39 is 10.0 Å². The largest absolute Gasteiger partial charge is 0.495 e. The molecule has 30 heavy (non-hydrogen) atoms. The van der Waals surface area contributed by atoms with Crippen LogP contribution in [0.25, 0.3) is 0 Å². The van der Waals surface area contributed by atoms with E-state index in [0.717, 1.165) is 15.6 Å². The Morgan fingerprint density at radius 2 is 1.90 bits per heavy atom. The van der Waals surface area contributed by atoms with E-state index in [1.807, 2.05) is 44.2 Å². The minimum atomic E-state index is -3.68. The van der Waals surface area contributed by atoms with Crippen molar-refractivity contribution in [3.8, 4) is 5.75 Å². The third-order valence-corrected chi connectivity index (χ3v) is 7.88. The molecule has 0 aliphatic carbocycles. The quantitative estimate of drug-likeness (QED) is 0.657. The van der Waals surface area contributed by atoms with Crippen LogP contribution in [-0.4, -0.2) is 38.8 Å². The van der Waals surface area contributed by atoms with Gasteiger partial charge in [0.25, 0.3) is 0 Å². The number of carbonyl (C=O) groups excluding carboxylic acids is 1. The van der Waals surface area contributed by atoms with Gasteiger partial charge in [-0.1, -0.05) is 34.1 Å². The average molecular weight is 495 g/mol. The number of rotatable bonds is 6. The number of piperidine rings is 1. The summed E-state index contributed by atoms with van der Waals surface area (Å²) in [4.78, 5) is 12.9. The number of amides is 1. The zero-order valence-corrected chi connectivity index (χ0v) is 19.8. The number of sulfonamides is 1. The van der Waals surface area contributed by atoms with Crippen molar-refractivity contribution in [2.75, 3.05) is 20.2 Å². The van der Waals surface area contributed by atoms with Gasteiger partial charge in [-0.05, 0) is 62.1 Å². The number of halogens is 1. The third-order valence-electron chi connectivity index (χ3n) is 5.47. The number of nitrogens with one attached hydrogen (secondary N) is 1. The Balaban J connectivity index is 1.64. The van der Waals surface area contributed by atoms with Crippen molar-refractivity contribution in [2.24, 2.45) is 5.92 Å². The number of nitrogens with zero attached hydrogens (tertiary/aromatic N) is 1. The van der Waals surface area contributed by atoms with Crippen LogP contribution in [0.3, 0.4) is 0 Å². The summed E-state index contributed by atoms with van der Waals surface area (Å²) >= 11 is 3.45. The van der Waals surface area contributed by atoms with Gasteiger partial charge < -0.3 is 10.1 Å².